The molecule has 1 aromatic carbocycles. The number of hydrogen-bond acceptors (Lipinski definition) is 3. The highest BCUT2D eigenvalue weighted by Crippen LogP contribution is 2.16. The van der Waals surface area contributed by atoms with Gasteiger partial charge in [0.2, 0.25) is 0 Å². The standard InChI is InChI=1S/C13H11FN2OS/c1-16-8-7-15-13(16)18-9-6-12(17)10-2-4-11(14)5-3-10/h2-9H,1H3/b9-6+. The number of nitrogens with zero attached hydrogens (tertiary/aromatic N) is 2. The first-order valence-electron chi connectivity index (χ1n) is 5.27. The third-order valence-electron chi connectivity index (χ3n) is 2.30. The Morgan fingerprint density at radius 1 is 1.39 bits per heavy atom. The van der Waals surface area contributed by atoms with Crippen molar-refractivity contribution in [3.05, 3.63) is 59.5 Å². The molecule has 0 fully saturated rings. The first-order chi connectivity index (χ1) is 8.66. The van der Waals surface area contributed by atoms with Gasteiger partial charge < -0.3 is 4.57 Å². The van der Waals surface area contributed by atoms with E-state index in [0.29, 0.717) is 5.56 Å². The van der Waals surface area contributed by atoms with Crippen molar-refractivity contribution in [2.45, 2.75) is 5.16 Å². The van der Waals surface area contributed by atoms with Crippen LogP contribution in [0.3, 0.4) is 0 Å². The SMILES string of the molecule is Cn1ccnc1S/C=C/C(=O)c1ccc(F)cc1. The van der Waals surface area contributed by atoms with Gasteiger partial charge in [0, 0.05) is 25.0 Å². The van der Waals surface area contributed by atoms with E-state index >= 15 is 0 Å². The molecule has 1 heterocycles. The van der Waals surface area contributed by atoms with Crippen molar-refractivity contribution in [3.8, 4) is 0 Å². The lowest BCUT2D eigenvalue weighted by Crippen LogP contribution is -1.93. The molecule has 92 valence electrons. The van der Waals surface area contributed by atoms with Crippen molar-refractivity contribution in [1.82, 2.24) is 9.55 Å². The molecule has 0 bridgehead atoms. The Morgan fingerprint density at radius 3 is 2.72 bits per heavy atom. The highest BCUT2D eigenvalue weighted by atomic mass is 32.2. The van der Waals surface area contributed by atoms with Crippen LogP contribution in [0.15, 0.2) is 53.3 Å². The van der Waals surface area contributed by atoms with Gasteiger partial charge in [0.1, 0.15) is 5.82 Å². The van der Waals surface area contributed by atoms with Gasteiger partial charge in [0.05, 0.1) is 0 Å². The van der Waals surface area contributed by atoms with E-state index in [9.17, 15) is 9.18 Å². The molecule has 3 nitrogen and oxygen atoms in total. The molecule has 0 saturated carbocycles. The van der Waals surface area contributed by atoms with E-state index < -0.39 is 0 Å². The molecule has 0 saturated heterocycles. The quantitative estimate of drug-likeness (QED) is 0.482. The number of hydrogen-bond donors (Lipinski definition) is 0. The van der Waals surface area contributed by atoms with Crippen LogP contribution < -0.4 is 0 Å². The number of thioether (sulfide) groups is 1. The minimum absolute atomic E-state index is 0.156. The number of imidazole rings is 1. The summed E-state index contributed by atoms with van der Waals surface area (Å²) < 4.78 is 14.5. The summed E-state index contributed by atoms with van der Waals surface area (Å²) >= 11 is 1.36. The van der Waals surface area contributed by atoms with Gasteiger partial charge in [-0.25, -0.2) is 9.37 Å². The zero-order chi connectivity index (χ0) is 13.0. The second-order valence-electron chi connectivity index (χ2n) is 3.61. The zero-order valence-electron chi connectivity index (χ0n) is 9.71. The van der Waals surface area contributed by atoms with E-state index in [0.717, 1.165) is 5.16 Å². The summed E-state index contributed by atoms with van der Waals surface area (Å²) in [7, 11) is 1.88. The van der Waals surface area contributed by atoms with Gasteiger partial charge in [-0.15, -0.1) is 0 Å². The number of carbonyl (C=O) groups is 1. The minimum atomic E-state index is -0.349. The van der Waals surface area contributed by atoms with Gasteiger partial charge in [-0.05, 0) is 35.7 Å². The highest BCUT2D eigenvalue weighted by Gasteiger charge is 2.02. The number of halogens is 1. The maximum Gasteiger partial charge on any atom is 0.186 e. The molecule has 18 heavy (non-hydrogen) atoms. The summed E-state index contributed by atoms with van der Waals surface area (Å²) in [5.41, 5.74) is 0.466. The lowest BCUT2D eigenvalue weighted by atomic mass is 10.1. The first-order valence-corrected chi connectivity index (χ1v) is 6.15. The largest absolute Gasteiger partial charge is 0.329 e. The number of allylic oxidation sites excluding steroid dienone is 1. The van der Waals surface area contributed by atoms with E-state index in [1.54, 1.807) is 11.6 Å². The summed E-state index contributed by atoms with van der Waals surface area (Å²) in [6, 6.07) is 5.47. The van der Waals surface area contributed by atoms with E-state index in [4.69, 9.17) is 0 Å². The Morgan fingerprint density at radius 2 is 2.11 bits per heavy atom. The van der Waals surface area contributed by atoms with Gasteiger partial charge in [-0.2, -0.15) is 0 Å². The first kappa shape index (κ1) is 12.6. The average Bonchev–Trinajstić information content (AvgIpc) is 2.76. The Balaban J connectivity index is 1.99. The van der Waals surface area contributed by atoms with Gasteiger partial charge in [-0.1, -0.05) is 11.8 Å². The molecule has 0 unspecified atom stereocenters. The fraction of sp³-hybridized carbons (Fsp3) is 0.0769. The normalized spacial score (nSPS) is 11.0. The molecule has 0 radical (unpaired) electrons. The third-order valence-corrected chi connectivity index (χ3v) is 3.17. The van der Waals surface area contributed by atoms with Gasteiger partial charge >= 0.3 is 0 Å². The van der Waals surface area contributed by atoms with E-state index in [-0.39, 0.29) is 11.6 Å². The van der Waals surface area contributed by atoms with Gasteiger partial charge in [0.15, 0.2) is 10.9 Å². The number of aryl methyl sites for hydroxylation is 1. The fourth-order valence-corrected chi connectivity index (χ4v) is 1.99. The van der Waals surface area contributed by atoms with Crippen molar-refractivity contribution >= 4 is 17.5 Å². The van der Waals surface area contributed by atoms with Crippen LogP contribution in [0, 0.1) is 5.82 Å². The topological polar surface area (TPSA) is 34.9 Å². The van der Waals surface area contributed by atoms with Crippen molar-refractivity contribution in [3.63, 3.8) is 0 Å². The lowest BCUT2D eigenvalue weighted by Gasteiger charge is -1.96. The molecule has 0 spiro atoms. The molecule has 0 aliphatic heterocycles. The molecule has 2 aromatic rings. The summed E-state index contributed by atoms with van der Waals surface area (Å²) in [6.45, 7) is 0. The molecule has 0 amide bonds. The van der Waals surface area contributed by atoms with Crippen LogP contribution >= 0.6 is 11.8 Å². The smallest absolute Gasteiger partial charge is 0.186 e. The highest BCUT2D eigenvalue weighted by molar-refractivity contribution is 8.02. The monoisotopic (exact) mass is 262 g/mol. The maximum atomic E-state index is 12.7. The minimum Gasteiger partial charge on any atom is -0.329 e. The van der Waals surface area contributed by atoms with Crippen molar-refractivity contribution in [2.24, 2.45) is 7.05 Å². The summed E-state index contributed by atoms with van der Waals surface area (Å²) in [5, 5.41) is 2.48. The molecule has 0 atom stereocenters. The van der Waals surface area contributed by atoms with Crippen LogP contribution in [0.2, 0.25) is 0 Å². The molecule has 0 aliphatic carbocycles. The Kier molecular flexibility index (Phi) is 3.94. The number of ketones is 1. The second kappa shape index (κ2) is 5.64. The lowest BCUT2D eigenvalue weighted by molar-refractivity contribution is 0.104. The predicted molar refractivity (Wildman–Crippen MR) is 68.9 cm³/mol. The predicted octanol–water partition coefficient (Wildman–Crippen LogP) is 3.05. The van der Waals surface area contributed by atoms with Gasteiger partial charge in [0.25, 0.3) is 0 Å². The maximum absolute atomic E-state index is 12.7. The number of benzene rings is 1. The average molecular weight is 262 g/mol. The van der Waals surface area contributed by atoms with Crippen molar-refractivity contribution in [2.75, 3.05) is 0 Å². The third kappa shape index (κ3) is 3.07. The zero-order valence-corrected chi connectivity index (χ0v) is 10.5. The molecular weight excluding hydrogens is 251 g/mol. The molecule has 0 N–H and O–H groups in total. The summed E-state index contributed by atoms with van der Waals surface area (Å²) in [4.78, 5) is 15.8. The van der Waals surface area contributed by atoms with Crippen LogP contribution in [0.5, 0.6) is 0 Å². The van der Waals surface area contributed by atoms with E-state index in [2.05, 4.69) is 4.98 Å². The number of carbonyl (C=O) groups excluding carboxylic acids is 1. The van der Waals surface area contributed by atoms with Crippen molar-refractivity contribution in [1.29, 1.82) is 0 Å². The Labute approximate surface area is 108 Å². The molecule has 1 aromatic heterocycles. The summed E-state index contributed by atoms with van der Waals surface area (Å²) in [6.07, 6.45) is 4.97. The van der Waals surface area contributed by atoms with Crippen LogP contribution in [-0.4, -0.2) is 15.3 Å². The molecule has 0 aliphatic rings. The number of rotatable bonds is 4. The van der Waals surface area contributed by atoms with E-state index in [1.807, 2.05) is 17.8 Å². The van der Waals surface area contributed by atoms with Crippen molar-refractivity contribution < 1.29 is 9.18 Å². The molecular formula is C13H11FN2OS. The van der Waals surface area contributed by atoms with Crippen LogP contribution in [0.1, 0.15) is 10.4 Å². The van der Waals surface area contributed by atoms with Crippen LogP contribution in [0.4, 0.5) is 4.39 Å². The van der Waals surface area contributed by atoms with E-state index in [1.165, 1.54) is 42.1 Å². The van der Waals surface area contributed by atoms with Gasteiger partial charge in [-0.3, -0.25) is 4.79 Å². The Hall–Kier alpha value is -1.88. The van der Waals surface area contributed by atoms with Crippen LogP contribution in [-0.2, 0) is 7.05 Å². The fourth-order valence-electron chi connectivity index (χ4n) is 1.33. The second-order valence-corrected chi connectivity index (χ2v) is 4.49. The molecule has 5 heteroatoms. The summed E-state index contributed by atoms with van der Waals surface area (Å²) in [5.74, 6) is -0.505. The number of aromatic nitrogens is 2. The molecule has 2 rings (SSSR count). The van der Waals surface area contributed by atoms with Crippen LogP contribution in [0.25, 0.3) is 0 Å². The Bertz CT molecular complexity index is 575.